The van der Waals surface area contributed by atoms with E-state index < -0.39 is 15.2 Å². The van der Waals surface area contributed by atoms with Crippen LogP contribution in [0.5, 0.6) is 5.75 Å². The molecule has 2 rings (SSSR count). The van der Waals surface area contributed by atoms with Gasteiger partial charge in [-0.05, 0) is 24.1 Å². The van der Waals surface area contributed by atoms with Gasteiger partial charge in [0.15, 0.2) is 9.84 Å². The summed E-state index contributed by atoms with van der Waals surface area (Å²) in [7, 11) is -1.65. The molecule has 1 aliphatic rings. The molecule has 0 spiro atoms. The number of thioether (sulfide) groups is 1. The van der Waals surface area contributed by atoms with Crippen molar-refractivity contribution in [2.24, 2.45) is 0 Å². The molecule has 5 nitrogen and oxygen atoms in total. The SMILES string of the molecule is COc1cccc(CCC(=O)N2CCSC[C@H]2S(C)(=O)=O)c1. The molecule has 22 heavy (non-hydrogen) atoms. The molecule has 0 radical (unpaired) electrons. The van der Waals surface area contributed by atoms with Crippen molar-refractivity contribution in [2.45, 2.75) is 18.2 Å². The molecule has 1 aliphatic heterocycles. The molecule has 1 fully saturated rings. The average molecular weight is 343 g/mol. The van der Waals surface area contributed by atoms with E-state index in [0.717, 1.165) is 17.1 Å². The van der Waals surface area contributed by atoms with Crippen molar-refractivity contribution in [1.82, 2.24) is 4.90 Å². The van der Waals surface area contributed by atoms with Crippen LogP contribution >= 0.6 is 11.8 Å². The Morgan fingerprint density at radius 2 is 2.23 bits per heavy atom. The maximum absolute atomic E-state index is 12.4. The Morgan fingerprint density at radius 1 is 1.45 bits per heavy atom. The van der Waals surface area contributed by atoms with Crippen LogP contribution in [-0.4, -0.2) is 56.0 Å². The van der Waals surface area contributed by atoms with Crippen LogP contribution in [0.3, 0.4) is 0 Å². The van der Waals surface area contributed by atoms with Gasteiger partial charge in [0.25, 0.3) is 0 Å². The zero-order chi connectivity index (χ0) is 16.2. The molecular weight excluding hydrogens is 322 g/mol. The second kappa shape index (κ2) is 7.37. The molecule has 1 aromatic carbocycles. The lowest BCUT2D eigenvalue weighted by Crippen LogP contribution is -2.49. The van der Waals surface area contributed by atoms with Gasteiger partial charge in [-0.1, -0.05) is 12.1 Å². The maximum Gasteiger partial charge on any atom is 0.224 e. The van der Waals surface area contributed by atoms with Crippen LogP contribution in [0.2, 0.25) is 0 Å². The van der Waals surface area contributed by atoms with Gasteiger partial charge >= 0.3 is 0 Å². The Balaban J connectivity index is 2.01. The third-order valence-electron chi connectivity index (χ3n) is 3.66. The van der Waals surface area contributed by atoms with Crippen molar-refractivity contribution in [3.63, 3.8) is 0 Å². The normalized spacial score (nSPS) is 19.0. The molecule has 1 aromatic rings. The summed E-state index contributed by atoms with van der Waals surface area (Å²) in [5, 5.41) is -0.691. The maximum atomic E-state index is 12.4. The summed E-state index contributed by atoms with van der Waals surface area (Å²) in [6.45, 7) is 0.499. The Morgan fingerprint density at radius 3 is 2.91 bits per heavy atom. The van der Waals surface area contributed by atoms with Crippen molar-refractivity contribution in [3.05, 3.63) is 29.8 Å². The standard InChI is InChI=1S/C15H21NO4S2/c1-20-13-5-3-4-12(10-13)6-7-14(17)16-8-9-21-11-15(16)22(2,18)19/h3-5,10,15H,6-9,11H2,1-2H3/t15-/m1/s1. The van der Waals surface area contributed by atoms with Gasteiger partial charge in [-0.2, -0.15) is 11.8 Å². The van der Waals surface area contributed by atoms with Gasteiger partial charge in [-0.25, -0.2) is 8.42 Å². The second-order valence-electron chi connectivity index (χ2n) is 5.30. The van der Waals surface area contributed by atoms with Gasteiger partial charge in [-0.3, -0.25) is 4.79 Å². The number of sulfone groups is 1. The highest BCUT2D eigenvalue weighted by atomic mass is 32.2. The highest BCUT2D eigenvalue weighted by Crippen LogP contribution is 2.22. The largest absolute Gasteiger partial charge is 0.497 e. The third kappa shape index (κ3) is 4.39. The number of hydrogen-bond acceptors (Lipinski definition) is 5. The number of carbonyl (C=O) groups is 1. The van der Waals surface area contributed by atoms with Crippen molar-refractivity contribution in [1.29, 1.82) is 0 Å². The summed E-state index contributed by atoms with van der Waals surface area (Å²) in [5.41, 5.74) is 1.01. The Labute approximate surface area is 135 Å². The molecule has 7 heteroatoms. The minimum Gasteiger partial charge on any atom is -0.497 e. The number of carbonyl (C=O) groups excluding carboxylic acids is 1. The lowest BCUT2D eigenvalue weighted by atomic mass is 10.1. The van der Waals surface area contributed by atoms with Crippen LogP contribution in [0, 0.1) is 0 Å². The fraction of sp³-hybridized carbons (Fsp3) is 0.533. The predicted octanol–water partition coefficient (Wildman–Crippen LogP) is 1.57. The summed E-state index contributed by atoms with van der Waals surface area (Å²) in [6.07, 6.45) is 2.09. The predicted molar refractivity (Wildman–Crippen MR) is 89.0 cm³/mol. The third-order valence-corrected chi connectivity index (χ3v) is 6.30. The Hall–Kier alpha value is -1.21. The summed E-state index contributed by atoms with van der Waals surface area (Å²) in [6, 6.07) is 7.58. The van der Waals surface area contributed by atoms with E-state index in [0.29, 0.717) is 25.1 Å². The van der Waals surface area contributed by atoms with Crippen LogP contribution < -0.4 is 4.74 Å². The summed E-state index contributed by atoms with van der Waals surface area (Å²) in [4.78, 5) is 13.9. The van der Waals surface area contributed by atoms with Crippen LogP contribution in [0.1, 0.15) is 12.0 Å². The fourth-order valence-electron chi connectivity index (χ4n) is 2.44. The van der Waals surface area contributed by atoms with Gasteiger partial charge < -0.3 is 9.64 Å². The summed E-state index contributed by atoms with van der Waals surface area (Å²) >= 11 is 1.58. The molecule has 1 saturated heterocycles. The first-order chi connectivity index (χ1) is 10.4. The number of hydrogen-bond donors (Lipinski definition) is 0. The van der Waals surface area contributed by atoms with Crippen LogP contribution in [0.4, 0.5) is 0 Å². The molecule has 0 bridgehead atoms. The van der Waals surface area contributed by atoms with E-state index in [4.69, 9.17) is 4.74 Å². The number of nitrogens with zero attached hydrogens (tertiary/aromatic N) is 1. The molecular formula is C15H21NO4S2. The second-order valence-corrected chi connectivity index (χ2v) is 8.65. The van der Waals surface area contributed by atoms with Crippen LogP contribution in [0.25, 0.3) is 0 Å². The number of methoxy groups -OCH3 is 1. The topological polar surface area (TPSA) is 63.7 Å². The number of rotatable bonds is 5. The van der Waals surface area contributed by atoms with Crippen LogP contribution in [0.15, 0.2) is 24.3 Å². The van der Waals surface area contributed by atoms with E-state index in [1.54, 1.807) is 18.9 Å². The average Bonchev–Trinajstić information content (AvgIpc) is 2.52. The van der Waals surface area contributed by atoms with Crippen molar-refractivity contribution in [2.75, 3.05) is 31.4 Å². The minimum atomic E-state index is -3.25. The monoisotopic (exact) mass is 343 g/mol. The molecule has 0 aliphatic carbocycles. The number of amides is 1. The van der Waals surface area contributed by atoms with E-state index >= 15 is 0 Å². The quantitative estimate of drug-likeness (QED) is 0.812. The number of ether oxygens (including phenoxy) is 1. The minimum absolute atomic E-state index is 0.0986. The zero-order valence-electron chi connectivity index (χ0n) is 12.8. The molecule has 0 unspecified atom stereocenters. The zero-order valence-corrected chi connectivity index (χ0v) is 14.5. The molecule has 122 valence electrons. The van der Waals surface area contributed by atoms with Crippen molar-refractivity contribution in [3.8, 4) is 5.75 Å². The Kier molecular flexibility index (Phi) is 5.74. The lowest BCUT2D eigenvalue weighted by molar-refractivity contribution is -0.131. The van der Waals surface area contributed by atoms with Crippen molar-refractivity contribution < 1.29 is 17.9 Å². The van der Waals surface area contributed by atoms with Crippen molar-refractivity contribution >= 4 is 27.5 Å². The van der Waals surface area contributed by atoms with E-state index in [9.17, 15) is 13.2 Å². The first-order valence-corrected chi connectivity index (χ1v) is 10.2. The molecule has 0 aromatic heterocycles. The smallest absolute Gasteiger partial charge is 0.224 e. The van der Waals surface area contributed by atoms with E-state index in [1.165, 1.54) is 11.2 Å². The van der Waals surface area contributed by atoms with E-state index in [2.05, 4.69) is 0 Å². The highest BCUT2D eigenvalue weighted by molar-refractivity contribution is 8.00. The molecule has 1 heterocycles. The first kappa shape index (κ1) is 17.1. The molecule has 0 N–H and O–H groups in total. The van der Waals surface area contributed by atoms with Crippen LogP contribution in [-0.2, 0) is 21.1 Å². The van der Waals surface area contributed by atoms with Gasteiger partial charge in [-0.15, -0.1) is 0 Å². The summed E-state index contributed by atoms with van der Waals surface area (Å²) in [5.74, 6) is 1.91. The number of aryl methyl sites for hydroxylation is 1. The van der Waals surface area contributed by atoms with Gasteiger partial charge in [0.05, 0.1) is 7.11 Å². The Bertz CT molecular complexity index is 630. The highest BCUT2D eigenvalue weighted by Gasteiger charge is 2.33. The van der Waals surface area contributed by atoms with E-state index in [-0.39, 0.29) is 5.91 Å². The molecule has 1 amide bonds. The molecule has 0 saturated carbocycles. The van der Waals surface area contributed by atoms with Gasteiger partial charge in [0.1, 0.15) is 11.1 Å². The lowest BCUT2D eigenvalue weighted by Gasteiger charge is -2.34. The fourth-order valence-corrected chi connectivity index (χ4v) is 5.28. The first-order valence-electron chi connectivity index (χ1n) is 7.11. The summed E-state index contributed by atoms with van der Waals surface area (Å²) < 4.78 is 28.8. The van der Waals surface area contributed by atoms with Gasteiger partial charge in [0.2, 0.25) is 5.91 Å². The molecule has 1 atom stereocenters. The van der Waals surface area contributed by atoms with Gasteiger partial charge in [0, 0.05) is 30.7 Å². The van der Waals surface area contributed by atoms with E-state index in [1.807, 2.05) is 24.3 Å². The number of benzene rings is 1.